The van der Waals surface area contributed by atoms with E-state index in [4.69, 9.17) is 4.74 Å². The van der Waals surface area contributed by atoms with Gasteiger partial charge in [0.2, 0.25) is 5.91 Å². The number of carboxylic acids is 1. The molecule has 0 spiro atoms. The average molecular weight is 572 g/mol. The highest BCUT2D eigenvalue weighted by molar-refractivity contribution is 6.08. The van der Waals surface area contributed by atoms with Crippen LogP contribution in [0.3, 0.4) is 0 Å². The van der Waals surface area contributed by atoms with Crippen LogP contribution >= 0.6 is 0 Å². The third-order valence-electron chi connectivity index (χ3n) is 7.14. The Hall–Kier alpha value is -4.66. The number of rotatable bonds is 7. The number of likely N-dealkylation sites (tertiary alicyclic amines) is 1. The van der Waals surface area contributed by atoms with E-state index in [2.05, 4.69) is 10.6 Å². The number of nitrogens with zero attached hydrogens (tertiary/aromatic N) is 1. The van der Waals surface area contributed by atoms with Crippen molar-refractivity contribution in [3.8, 4) is 0 Å². The SMILES string of the molecule is CC(=CC(=O)Nc1cc(C(=O)NCC2CCN(C(=O)OC(C)(C)C)CC2)ccc1C(=O)O)c1ccc2ccccc2c1. The summed E-state index contributed by atoms with van der Waals surface area (Å²) in [6, 6.07) is 17.9. The molecule has 0 bridgehead atoms. The van der Waals surface area contributed by atoms with E-state index in [9.17, 15) is 24.3 Å². The summed E-state index contributed by atoms with van der Waals surface area (Å²) >= 11 is 0. The number of ether oxygens (including phenoxy) is 1. The summed E-state index contributed by atoms with van der Waals surface area (Å²) < 4.78 is 5.43. The fourth-order valence-electron chi connectivity index (χ4n) is 4.84. The lowest BCUT2D eigenvalue weighted by atomic mass is 9.97. The van der Waals surface area contributed by atoms with Crippen LogP contribution in [0.1, 0.15) is 66.8 Å². The van der Waals surface area contributed by atoms with Crippen LogP contribution in [-0.2, 0) is 9.53 Å². The fraction of sp³-hybridized carbons (Fsp3) is 0.333. The van der Waals surface area contributed by atoms with Gasteiger partial charge in [-0.1, -0.05) is 36.4 Å². The summed E-state index contributed by atoms with van der Waals surface area (Å²) in [5.74, 6) is -1.91. The monoisotopic (exact) mass is 571 g/mol. The number of amides is 3. The van der Waals surface area contributed by atoms with Crippen LogP contribution in [0.5, 0.6) is 0 Å². The van der Waals surface area contributed by atoms with E-state index in [1.165, 1.54) is 24.3 Å². The molecule has 3 amide bonds. The number of nitrogens with one attached hydrogen (secondary N) is 2. The first-order valence-corrected chi connectivity index (χ1v) is 14.0. The highest BCUT2D eigenvalue weighted by atomic mass is 16.6. The van der Waals surface area contributed by atoms with Gasteiger partial charge in [-0.3, -0.25) is 9.59 Å². The maximum absolute atomic E-state index is 12.9. The van der Waals surface area contributed by atoms with Crippen molar-refractivity contribution in [3.05, 3.63) is 83.4 Å². The van der Waals surface area contributed by atoms with Crippen LogP contribution < -0.4 is 10.6 Å². The van der Waals surface area contributed by atoms with Crippen molar-refractivity contribution in [1.82, 2.24) is 10.2 Å². The van der Waals surface area contributed by atoms with E-state index < -0.39 is 17.5 Å². The molecule has 3 N–H and O–H groups in total. The lowest BCUT2D eigenvalue weighted by Crippen LogP contribution is -2.43. The van der Waals surface area contributed by atoms with Crippen LogP contribution in [0.2, 0.25) is 0 Å². The van der Waals surface area contributed by atoms with Crippen molar-refractivity contribution < 1.29 is 29.0 Å². The van der Waals surface area contributed by atoms with E-state index in [1.807, 2.05) is 70.2 Å². The molecule has 0 saturated carbocycles. The molecule has 9 nitrogen and oxygen atoms in total. The number of hydrogen-bond acceptors (Lipinski definition) is 5. The molecular weight excluding hydrogens is 534 g/mol. The van der Waals surface area contributed by atoms with Crippen LogP contribution in [0.15, 0.2) is 66.7 Å². The zero-order chi connectivity index (χ0) is 30.4. The Kier molecular flexibility index (Phi) is 9.30. The van der Waals surface area contributed by atoms with E-state index in [-0.39, 0.29) is 34.7 Å². The largest absolute Gasteiger partial charge is 0.478 e. The smallest absolute Gasteiger partial charge is 0.410 e. The molecule has 1 heterocycles. The summed E-state index contributed by atoms with van der Waals surface area (Å²) in [4.78, 5) is 51.6. The minimum atomic E-state index is -1.22. The van der Waals surface area contributed by atoms with Gasteiger partial charge < -0.3 is 25.4 Å². The third kappa shape index (κ3) is 7.96. The van der Waals surface area contributed by atoms with E-state index >= 15 is 0 Å². The predicted octanol–water partition coefficient (Wildman–Crippen LogP) is 5.96. The zero-order valence-electron chi connectivity index (χ0n) is 24.4. The minimum absolute atomic E-state index is 0.0355. The minimum Gasteiger partial charge on any atom is -0.478 e. The Labute approximate surface area is 245 Å². The molecule has 220 valence electrons. The Morgan fingerprint density at radius 2 is 1.62 bits per heavy atom. The molecule has 0 aromatic heterocycles. The van der Waals surface area contributed by atoms with E-state index in [0.29, 0.717) is 25.2 Å². The van der Waals surface area contributed by atoms with Crippen molar-refractivity contribution in [2.75, 3.05) is 25.0 Å². The molecule has 42 heavy (non-hydrogen) atoms. The van der Waals surface area contributed by atoms with Gasteiger partial charge in [-0.05, 0) is 92.6 Å². The summed E-state index contributed by atoms with van der Waals surface area (Å²) in [7, 11) is 0. The van der Waals surface area contributed by atoms with Crippen molar-refractivity contribution in [1.29, 1.82) is 0 Å². The Balaban J connectivity index is 1.38. The molecule has 3 aromatic carbocycles. The van der Waals surface area contributed by atoms with Gasteiger partial charge in [-0.25, -0.2) is 9.59 Å². The molecule has 0 aliphatic carbocycles. The van der Waals surface area contributed by atoms with Crippen LogP contribution in [-0.4, -0.2) is 59.1 Å². The lowest BCUT2D eigenvalue weighted by Gasteiger charge is -2.33. The van der Waals surface area contributed by atoms with Crippen molar-refractivity contribution in [3.63, 3.8) is 0 Å². The van der Waals surface area contributed by atoms with Gasteiger partial charge >= 0.3 is 12.1 Å². The van der Waals surface area contributed by atoms with Crippen LogP contribution in [0.25, 0.3) is 16.3 Å². The molecule has 4 rings (SSSR count). The number of carbonyl (C=O) groups excluding carboxylic acids is 3. The standard InChI is InChI=1S/C33H37N3O6/c1-21(24-10-9-23-7-5-6-8-25(23)18-24)17-29(37)35-28-19-26(11-12-27(28)31(39)40)30(38)34-20-22-13-15-36(16-14-22)32(41)42-33(2,3)4/h5-12,17-19,22H,13-16,20H2,1-4H3,(H,34,38)(H,35,37)(H,39,40). The number of anilines is 1. The number of piperidine rings is 1. The predicted molar refractivity (Wildman–Crippen MR) is 162 cm³/mol. The first kappa shape index (κ1) is 30.3. The first-order chi connectivity index (χ1) is 19.9. The molecule has 1 aliphatic rings. The molecule has 1 saturated heterocycles. The normalized spacial score (nSPS) is 14.4. The molecule has 0 unspecified atom stereocenters. The number of fused-ring (bicyclic) bond motifs is 1. The second-order valence-corrected chi connectivity index (χ2v) is 11.6. The van der Waals surface area contributed by atoms with Gasteiger partial charge in [0.1, 0.15) is 5.60 Å². The number of carboxylic acid groups (broad SMARTS) is 1. The highest BCUT2D eigenvalue weighted by Crippen LogP contribution is 2.23. The molecule has 1 fully saturated rings. The second kappa shape index (κ2) is 12.9. The van der Waals surface area contributed by atoms with Crippen molar-refractivity contribution in [2.24, 2.45) is 5.92 Å². The highest BCUT2D eigenvalue weighted by Gasteiger charge is 2.27. The topological polar surface area (TPSA) is 125 Å². The molecule has 0 atom stereocenters. The maximum atomic E-state index is 12.9. The second-order valence-electron chi connectivity index (χ2n) is 11.6. The fourth-order valence-corrected chi connectivity index (χ4v) is 4.84. The van der Waals surface area contributed by atoms with Crippen molar-refractivity contribution in [2.45, 2.75) is 46.1 Å². The Bertz CT molecular complexity index is 1530. The average Bonchev–Trinajstić information content (AvgIpc) is 2.94. The first-order valence-electron chi connectivity index (χ1n) is 14.0. The molecule has 3 aromatic rings. The van der Waals surface area contributed by atoms with Gasteiger partial charge in [0.25, 0.3) is 5.91 Å². The van der Waals surface area contributed by atoms with Gasteiger partial charge in [0.15, 0.2) is 0 Å². The molecule has 1 aliphatic heterocycles. The maximum Gasteiger partial charge on any atom is 0.410 e. The molecule has 0 radical (unpaired) electrons. The zero-order valence-corrected chi connectivity index (χ0v) is 24.4. The number of carbonyl (C=O) groups is 4. The quantitative estimate of drug-likeness (QED) is 0.301. The van der Waals surface area contributed by atoms with Crippen molar-refractivity contribution >= 4 is 45.9 Å². The van der Waals surface area contributed by atoms with Gasteiger partial charge in [-0.2, -0.15) is 0 Å². The number of hydrogen-bond donors (Lipinski definition) is 3. The number of aromatic carboxylic acids is 1. The summed E-state index contributed by atoms with van der Waals surface area (Å²) in [6.45, 7) is 8.81. The van der Waals surface area contributed by atoms with Gasteiger partial charge in [0.05, 0.1) is 11.3 Å². The van der Waals surface area contributed by atoms with Crippen LogP contribution in [0.4, 0.5) is 10.5 Å². The molecular formula is C33H37N3O6. The summed E-state index contributed by atoms with van der Waals surface area (Å²) in [5.41, 5.74) is 1.17. The molecule has 9 heteroatoms. The lowest BCUT2D eigenvalue weighted by molar-refractivity contribution is -0.111. The Morgan fingerprint density at radius 1 is 0.952 bits per heavy atom. The number of allylic oxidation sites excluding steroid dienone is 1. The van der Waals surface area contributed by atoms with E-state index in [1.54, 1.807) is 4.90 Å². The van der Waals surface area contributed by atoms with E-state index in [0.717, 1.165) is 29.2 Å². The summed E-state index contributed by atoms with van der Waals surface area (Å²) in [6.07, 6.45) is 2.52. The summed E-state index contributed by atoms with van der Waals surface area (Å²) in [5, 5.41) is 17.3. The van der Waals surface area contributed by atoms with Crippen LogP contribution in [0, 0.1) is 5.92 Å². The third-order valence-corrected chi connectivity index (χ3v) is 7.14. The van der Waals surface area contributed by atoms with Gasteiger partial charge in [-0.15, -0.1) is 0 Å². The number of benzene rings is 3. The van der Waals surface area contributed by atoms with Gasteiger partial charge in [0, 0.05) is 31.3 Å². The Morgan fingerprint density at radius 3 is 2.29 bits per heavy atom.